The number of carbonyl (C=O) groups excluding carboxylic acids is 1. The number of carboxylic acid groups (broad SMARTS) is 1. The molecule has 1 atom stereocenters. The van der Waals surface area contributed by atoms with E-state index in [1.54, 1.807) is 18.9 Å². The summed E-state index contributed by atoms with van der Waals surface area (Å²) in [6.07, 6.45) is -0.489. The van der Waals surface area contributed by atoms with E-state index in [9.17, 15) is 9.59 Å². The zero-order valence-corrected chi connectivity index (χ0v) is 13.7. The van der Waals surface area contributed by atoms with E-state index in [1.807, 2.05) is 30.0 Å². The summed E-state index contributed by atoms with van der Waals surface area (Å²) in [5, 5.41) is 8.92. The van der Waals surface area contributed by atoms with Gasteiger partial charge in [0.15, 0.2) is 6.10 Å². The summed E-state index contributed by atoms with van der Waals surface area (Å²) in [4.78, 5) is 26.3. The molecular formula is C17H22N2O4. The summed E-state index contributed by atoms with van der Waals surface area (Å²) in [5.41, 5.74) is 2.50. The van der Waals surface area contributed by atoms with Gasteiger partial charge in [0.05, 0.1) is 12.1 Å². The molecule has 0 aliphatic carbocycles. The SMILES string of the molecule is C=C(C)CN(CCC(=O)O)c1ccc2c(c1)OC(C)C(=O)N2C. The molecule has 2 rings (SSSR count). The first-order valence-corrected chi connectivity index (χ1v) is 7.49. The van der Waals surface area contributed by atoms with Crippen LogP contribution in [0.4, 0.5) is 11.4 Å². The van der Waals surface area contributed by atoms with Crippen LogP contribution in [-0.2, 0) is 9.59 Å². The average molecular weight is 318 g/mol. The highest BCUT2D eigenvalue weighted by Gasteiger charge is 2.29. The minimum absolute atomic E-state index is 0.0417. The van der Waals surface area contributed by atoms with Gasteiger partial charge in [0.2, 0.25) is 0 Å². The highest BCUT2D eigenvalue weighted by molar-refractivity contribution is 5.99. The van der Waals surface area contributed by atoms with Gasteiger partial charge in [-0.3, -0.25) is 9.59 Å². The monoisotopic (exact) mass is 318 g/mol. The van der Waals surface area contributed by atoms with Crippen LogP contribution in [0.15, 0.2) is 30.4 Å². The van der Waals surface area contributed by atoms with Crippen molar-refractivity contribution in [3.05, 3.63) is 30.4 Å². The van der Waals surface area contributed by atoms with Crippen molar-refractivity contribution in [1.82, 2.24) is 0 Å². The summed E-state index contributed by atoms with van der Waals surface area (Å²) < 4.78 is 5.68. The maximum atomic E-state index is 11.9. The maximum absolute atomic E-state index is 11.9. The summed E-state index contributed by atoms with van der Waals surface area (Å²) in [6, 6.07) is 5.53. The Morgan fingerprint density at radius 1 is 1.48 bits per heavy atom. The molecule has 0 aromatic heterocycles. The molecule has 0 radical (unpaired) electrons. The second kappa shape index (κ2) is 6.73. The quantitative estimate of drug-likeness (QED) is 0.815. The Morgan fingerprint density at radius 2 is 2.17 bits per heavy atom. The van der Waals surface area contributed by atoms with Gasteiger partial charge < -0.3 is 19.6 Å². The van der Waals surface area contributed by atoms with Crippen molar-refractivity contribution in [2.45, 2.75) is 26.4 Å². The standard InChI is InChI=1S/C17H22N2O4/c1-11(2)10-19(8-7-16(20)21)13-5-6-14-15(9-13)23-12(3)17(22)18(14)4/h5-6,9,12H,1,7-8,10H2,2-4H3,(H,20,21). The van der Waals surface area contributed by atoms with E-state index < -0.39 is 12.1 Å². The van der Waals surface area contributed by atoms with Gasteiger partial charge in [0.25, 0.3) is 5.91 Å². The van der Waals surface area contributed by atoms with E-state index in [-0.39, 0.29) is 12.3 Å². The predicted octanol–water partition coefficient (Wildman–Crippen LogP) is 2.29. The van der Waals surface area contributed by atoms with Gasteiger partial charge >= 0.3 is 5.97 Å². The number of likely N-dealkylation sites (N-methyl/N-ethyl adjacent to an activating group) is 1. The van der Waals surface area contributed by atoms with Crippen molar-refractivity contribution < 1.29 is 19.4 Å². The average Bonchev–Trinajstić information content (AvgIpc) is 2.48. The van der Waals surface area contributed by atoms with Gasteiger partial charge in [0.1, 0.15) is 5.75 Å². The lowest BCUT2D eigenvalue weighted by atomic mass is 10.1. The number of hydrogen-bond donors (Lipinski definition) is 1. The van der Waals surface area contributed by atoms with Crippen LogP contribution in [-0.4, -0.2) is 43.2 Å². The number of benzene rings is 1. The Kier molecular flexibility index (Phi) is 4.93. The number of rotatable bonds is 6. The largest absolute Gasteiger partial charge is 0.481 e. The fourth-order valence-electron chi connectivity index (χ4n) is 2.56. The molecule has 0 saturated carbocycles. The van der Waals surface area contributed by atoms with Crippen LogP contribution >= 0.6 is 0 Å². The number of amides is 1. The predicted molar refractivity (Wildman–Crippen MR) is 89.2 cm³/mol. The zero-order valence-electron chi connectivity index (χ0n) is 13.7. The third-order valence-corrected chi connectivity index (χ3v) is 3.71. The van der Waals surface area contributed by atoms with Crippen molar-refractivity contribution in [2.75, 3.05) is 29.9 Å². The van der Waals surface area contributed by atoms with Gasteiger partial charge in [-0.05, 0) is 26.0 Å². The second-order valence-corrected chi connectivity index (χ2v) is 5.83. The number of aliphatic carboxylic acids is 1. The topological polar surface area (TPSA) is 70.1 Å². The molecule has 1 aliphatic heterocycles. The molecule has 6 heteroatoms. The molecule has 0 fully saturated rings. The molecule has 0 bridgehead atoms. The molecule has 1 amide bonds. The van der Waals surface area contributed by atoms with Crippen LogP contribution in [0.2, 0.25) is 0 Å². The third-order valence-electron chi connectivity index (χ3n) is 3.71. The summed E-state index contributed by atoms with van der Waals surface area (Å²) in [7, 11) is 1.72. The molecule has 0 saturated heterocycles. The first-order valence-electron chi connectivity index (χ1n) is 7.49. The summed E-state index contributed by atoms with van der Waals surface area (Å²) >= 11 is 0. The van der Waals surface area contributed by atoms with E-state index >= 15 is 0 Å². The number of hydrogen-bond acceptors (Lipinski definition) is 4. The van der Waals surface area contributed by atoms with Crippen LogP contribution in [0.3, 0.4) is 0 Å². The first-order chi connectivity index (χ1) is 10.8. The van der Waals surface area contributed by atoms with Crippen molar-refractivity contribution >= 4 is 23.3 Å². The highest BCUT2D eigenvalue weighted by Crippen LogP contribution is 2.36. The van der Waals surface area contributed by atoms with Crippen molar-refractivity contribution in [3.63, 3.8) is 0 Å². The number of ether oxygens (including phenoxy) is 1. The van der Waals surface area contributed by atoms with Crippen LogP contribution < -0.4 is 14.5 Å². The van der Waals surface area contributed by atoms with E-state index in [2.05, 4.69) is 6.58 Å². The van der Waals surface area contributed by atoms with Gasteiger partial charge in [0, 0.05) is 31.9 Å². The second-order valence-electron chi connectivity index (χ2n) is 5.83. The molecule has 6 nitrogen and oxygen atoms in total. The third kappa shape index (κ3) is 3.83. The smallest absolute Gasteiger partial charge is 0.305 e. The van der Waals surface area contributed by atoms with E-state index in [4.69, 9.17) is 9.84 Å². The van der Waals surface area contributed by atoms with Crippen LogP contribution in [0.1, 0.15) is 20.3 Å². The molecule has 23 heavy (non-hydrogen) atoms. The lowest BCUT2D eigenvalue weighted by Gasteiger charge is -2.32. The fraction of sp³-hybridized carbons (Fsp3) is 0.412. The minimum atomic E-state index is -0.843. The van der Waals surface area contributed by atoms with E-state index in [1.165, 1.54) is 0 Å². The molecule has 1 N–H and O–H groups in total. The minimum Gasteiger partial charge on any atom is -0.481 e. The normalized spacial score (nSPS) is 16.6. The van der Waals surface area contributed by atoms with Crippen molar-refractivity contribution in [1.29, 1.82) is 0 Å². The van der Waals surface area contributed by atoms with Gasteiger partial charge in [-0.15, -0.1) is 0 Å². The molecule has 1 heterocycles. The van der Waals surface area contributed by atoms with E-state index in [0.29, 0.717) is 24.5 Å². The molecule has 1 unspecified atom stereocenters. The molecule has 0 spiro atoms. The molecule has 124 valence electrons. The Balaban J connectivity index is 2.30. The van der Waals surface area contributed by atoms with Gasteiger partial charge in [-0.2, -0.15) is 0 Å². The maximum Gasteiger partial charge on any atom is 0.305 e. The number of anilines is 2. The molecular weight excluding hydrogens is 296 g/mol. The highest BCUT2D eigenvalue weighted by atomic mass is 16.5. The molecule has 1 aromatic carbocycles. The van der Waals surface area contributed by atoms with Gasteiger partial charge in [-0.25, -0.2) is 0 Å². The fourth-order valence-corrected chi connectivity index (χ4v) is 2.56. The van der Waals surface area contributed by atoms with Crippen LogP contribution in [0.5, 0.6) is 5.75 Å². The van der Waals surface area contributed by atoms with Crippen LogP contribution in [0.25, 0.3) is 0 Å². The Bertz CT molecular complexity index is 641. The number of fused-ring (bicyclic) bond motifs is 1. The zero-order chi connectivity index (χ0) is 17.1. The first kappa shape index (κ1) is 16.9. The van der Waals surface area contributed by atoms with E-state index in [0.717, 1.165) is 11.3 Å². The number of nitrogens with zero attached hydrogens (tertiary/aromatic N) is 2. The lowest BCUT2D eigenvalue weighted by molar-refractivity contribution is -0.136. The molecule has 1 aromatic rings. The summed E-state index contributed by atoms with van der Waals surface area (Å²) in [6.45, 7) is 8.45. The Hall–Kier alpha value is -2.50. The lowest BCUT2D eigenvalue weighted by Crippen LogP contribution is -2.42. The summed E-state index contributed by atoms with van der Waals surface area (Å²) in [5.74, 6) is -0.307. The number of carbonyl (C=O) groups is 2. The van der Waals surface area contributed by atoms with Crippen LogP contribution in [0, 0.1) is 0 Å². The molecule has 1 aliphatic rings. The number of carboxylic acids is 1. The van der Waals surface area contributed by atoms with Crippen molar-refractivity contribution in [3.8, 4) is 5.75 Å². The van der Waals surface area contributed by atoms with Gasteiger partial charge in [-0.1, -0.05) is 12.2 Å². The van der Waals surface area contributed by atoms with Crippen molar-refractivity contribution in [2.24, 2.45) is 0 Å². The Labute approximate surface area is 136 Å². The Morgan fingerprint density at radius 3 is 2.78 bits per heavy atom.